The Balaban J connectivity index is 1.66. The summed E-state index contributed by atoms with van der Waals surface area (Å²) in [6.45, 7) is 3.46. The first-order valence-electron chi connectivity index (χ1n) is 10.2. The topological polar surface area (TPSA) is 62.7 Å². The molecule has 4 rings (SSSR count). The normalized spacial score (nSPS) is 15.7. The van der Waals surface area contributed by atoms with Crippen molar-refractivity contribution < 1.29 is 13.2 Å². The molecule has 3 aromatic rings. The van der Waals surface area contributed by atoms with Gasteiger partial charge >= 0.3 is 0 Å². The van der Waals surface area contributed by atoms with Crippen LogP contribution in [0.5, 0.6) is 0 Å². The third-order valence-electron chi connectivity index (χ3n) is 5.50. The average Bonchev–Trinajstić information content (AvgIpc) is 3.21. The fraction of sp³-hybridized carbons (Fsp3) is 0.409. The summed E-state index contributed by atoms with van der Waals surface area (Å²) in [5.74, 6) is 0.113. The van der Waals surface area contributed by atoms with E-state index in [2.05, 4.69) is 25.6 Å². The van der Waals surface area contributed by atoms with E-state index in [9.17, 15) is 13.2 Å². The van der Waals surface area contributed by atoms with Crippen molar-refractivity contribution in [3.05, 3.63) is 53.2 Å². The number of benzene rings is 1. The summed E-state index contributed by atoms with van der Waals surface area (Å²) in [6.07, 6.45) is 3.58. The van der Waals surface area contributed by atoms with Crippen molar-refractivity contribution in [1.29, 1.82) is 0 Å². The first-order valence-corrected chi connectivity index (χ1v) is 10.2. The molecule has 8 heteroatoms. The van der Waals surface area contributed by atoms with E-state index in [0.717, 1.165) is 24.6 Å². The molecule has 2 heterocycles. The first kappa shape index (κ1) is 20.4. The van der Waals surface area contributed by atoms with Gasteiger partial charge in [-0.05, 0) is 32.8 Å². The van der Waals surface area contributed by atoms with Crippen LogP contribution in [0, 0.1) is 12.7 Å². The van der Waals surface area contributed by atoms with Gasteiger partial charge in [-0.1, -0.05) is 31.0 Å². The summed E-state index contributed by atoms with van der Waals surface area (Å²) in [7, 11) is 0. The molecule has 0 radical (unpaired) electrons. The molecule has 0 amide bonds. The molecule has 1 aromatic carbocycles. The molecule has 0 bridgehead atoms. The molecule has 0 saturated heterocycles. The highest BCUT2D eigenvalue weighted by Crippen LogP contribution is 2.31. The van der Waals surface area contributed by atoms with Crippen LogP contribution in [0.4, 0.5) is 24.7 Å². The van der Waals surface area contributed by atoms with Crippen LogP contribution in [0.3, 0.4) is 0 Å². The van der Waals surface area contributed by atoms with Crippen LogP contribution in [0.1, 0.15) is 62.0 Å². The van der Waals surface area contributed by atoms with Crippen LogP contribution in [0.2, 0.25) is 0 Å². The summed E-state index contributed by atoms with van der Waals surface area (Å²) in [4.78, 5) is 13.3. The van der Waals surface area contributed by atoms with Crippen molar-refractivity contribution in [2.75, 3.05) is 10.6 Å². The van der Waals surface area contributed by atoms with Gasteiger partial charge in [0.25, 0.3) is 6.43 Å². The van der Waals surface area contributed by atoms with Crippen molar-refractivity contribution in [2.24, 2.45) is 0 Å². The van der Waals surface area contributed by atoms with Gasteiger partial charge in [-0.25, -0.2) is 28.1 Å². The number of hydrogen-bond donors (Lipinski definition) is 2. The van der Waals surface area contributed by atoms with Crippen LogP contribution in [-0.4, -0.2) is 21.0 Å². The molecular weight excluding hydrogens is 391 g/mol. The number of halogens is 3. The van der Waals surface area contributed by atoms with E-state index < -0.39 is 23.8 Å². The second-order valence-corrected chi connectivity index (χ2v) is 7.76. The highest BCUT2D eigenvalue weighted by atomic mass is 19.3. The van der Waals surface area contributed by atoms with Crippen molar-refractivity contribution in [2.45, 2.75) is 58.0 Å². The monoisotopic (exact) mass is 415 g/mol. The number of fused-ring (bicyclic) bond motifs is 1. The number of hydrogen-bond acceptors (Lipinski definition) is 5. The number of aryl methyl sites for hydroxylation is 1. The molecule has 158 valence electrons. The standard InChI is InChI=1S/C22H24F3N5/c1-12(16-8-5-9-17(19(16)23)20(24)25)27-22-18-10-15(30-14-6-3-4-7-14)11-26-21(18)28-13(2)29-22/h5,8-12,14,20,30H,3-4,6-7H2,1-2H3,(H,26,27,28,29)/t12-/m1/s1. The zero-order chi connectivity index (χ0) is 21.3. The summed E-state index contributed by atoms with van der Waals surface area (Å²) in [5.41, 5.74) is 0.958. The van der Waals surface area contributed by atoms with Gasteiger partial charge in [-0.15, -0.1) is 0 Å². The van der Waals surface area contributed by atoms with Crippen LogP contribution < -0.4 is 10.6 Å². The lowest BCUT2D eigenvalue weighted by molar-refractivity contribution is 0.146. The van der Waals surface area contributed by atoms with Crippen molar-refractivity contribution in [3.63, 3.8) is 0 Å². The van der Waals surface area contributed by atoms with E-state index in [4.69, 9.17) is 0 Å². The highest BCUT2D eigenvalue weighted by Gasteiger charge is 2.21. The number of alkyl halides is 2. The molecule has 2 N–H and O–H groups in total. The molecule has 1 atom stereocenters. The number of nitrogens with one attached hydrogen (secondary N) is 2. The predicted octanol–water partition coefficient (Wildman–Crippen LogP) is 5.94. The van der Waals surface area contributed by atoms with E-state index in [1.807, 2.05) is 6.07 Å². The van der Waals surface area contributed by atoms with Crippen LogP contribution in [-0.2, 0) is 0 Å². The number of pyridine rings is 1. The fourth-order valence-electron chi connectivity index (χ4n) is 3.97. The summed E-state index contributed by atoms with van der Waals surface area (Å²) in [5, 5.41) is 7.36. The smallest absolute Gasteiger partial charge is 0.266 e. The maximum Gasteiger partial charge on any atom is 0.266 e. The zero-order valence-electron chi connectivity index (χ0n) is 16.9. The Labute approximate surface area is 173 Å². The molecule has 0 aliphatic heterocycles. The first-order chi connectivity index (χ1) is 14.4. The number of rotatable bonds is 6. The van der Waals surface area contributed by atoms with Gasteiger partial charge < -0.3 is 10.6 Å². The van der Waals surface area contributed by atoms with Crippen molar-refractivity contribution >= 4 is 22.5 Å². The Bertz CT molecular complexity index is 1050. The molecule has 2 aromatic heterocycles. The van der Waals surface area contributed by atoms with Gasteiger partial charge in [0.2, 0.25) is 0 Å². The molecule has 5 nitrogen and oxygen atoms in total. The van der Waals surface area contributed by atoms with Gasteiger partial charge in [-0.3, -0.25) is 0 Å². The van der Waals surface area contributed by atoms with E-state index in [1.54, 1.807) is 20.0 Å². The molecule has 0 unspecified atom stereocenters. The molecule has 1 saturated carbocycles. The van der Waals surface area contributed by atoms with Crippen molar-refractivity contribution in [3.8, 4) is 0 Å². The maximum atomic E-state index is 14.6. The van der Waals surface area contributed by atoms with Gasteiger partial charge in [0.1, 0.15) is 17.5 Å². The molecule has 1 aliphatic carbocycles. The number of aromatic nitrogens is 3. The second kappa shape index (κ2) is 8.45. The van der Waals surface area contributed by atoms with E-state index in [0.29, 0.717) is 28.7 Å². The second-order valence-electron chi connectivity index (χ2n) is 7.76. The lowest BCUT2D eigenvalue weighted by Gasteiger charge is -2.19. The highest BCUT2D eigenvalue weighted by molar-refractivity contribution is 5.89. The lowest BCUT2D eigenvalue weighted by Crippen LogP contribution is -2.15. The maximum absolute atomic E-state index is 14.6. The van der Waals surface area contributed by atoms with Crippen LogP contribution in [0.25, 0.3) is 11.0 Å². The Kier molecular flexibility index (Phi) is 5.74. The van der Waals surface area contributed by atoms with Crippen LogP contribution in [0.15, 0.2) is 30.5 Å². The largest absolute Gasteiger partial charge is 0.381 e. The number of nitrogens with zero attached hydrogens (tertiary/aromatic N) is 3. The SMILES string of the molecule is Cc1nc(N[C@H](C)c2cccc(C(F)F)c2F)c2cc(NC3CCCC3)cnc2n1. The summed E-state index contributed by atoms with van der Waals surface area (Å²) >= 11 is 0. The molecule has 30 heavy (non-hydrogen) atoms. The summed E-state index contributed by atoms with van der Waals surface area (Å²) in [6, 6.07) is 5.82. The van der Waals surface area contributed by atoms with E-state index in [-0.39, 0.29) is 5.56 Å². The Morgan fingerprint density at radius 3 is 2.57 bits per heavy atom. The quantitative estimate of drug-likeness (QED) is 0.522. The Hall–Kier alpha value is -2.90. The zero-order valence-corrected chi connectivity index (χ0v) is 16.9. The molecule has 1 fully saturated rings. The minimum atomic E-state index is -2.87. The Morgan fingerprint density at radius 2 is 1.83 bits per heavy atom. The molecule has 1 aliphatic rings. The Morgan fingerprint density at radius 1 is 1.10 bits per heavy atom. The van der Waals surface area contributed by atoms with Crippen LogP contribution >= 0.6 is 0 Å². The average molecular weight is 415 g/mol. The fourth-order valence-corrected chi connectivity index (χ4v) is 3.97. The summed E-state index contributed by atoms with van der Waals surface area (Å²) < 4.78 is 40.7. The van der Waals surface area contributed by atoms with Gasteiger partial charge in [0.15, 0.2) is 5.65 Å². The lowest BCUT2D eigenvalue weighted by atomic mass is 10.0. The number of anilines is 2. The predicted molar refractivity (Wildman–Crippen MR) is 111 cm³/mol. The minimum Gasteiger partial charge on any atom is -0.381 e. The molecular formula is C22H24F3N5. The van der Waals surface area contributed by atoms with Crippen molar-refractivity contribution in [1.82, 2.24) is 15.0 Å². The third-order valence-corrected chi connectivity index (χ3v) is 5.50. The van der Waals surface area contributed by atoms with Gasteiger partial charge in [0.05, 0.1) is 28.9 Å². The van der Waals surface area contributed by atoms with Gasteiger partial charge in [-0.2, -0.15) is 0 Å². The van der Waals surface area contributed by atoms with Gasteiger partial charge in [0, 0.05) is 11.6 Å². The third kappa shape index (κ3) is 4.17. The minimum absolute atomic E-state index is 0.158. The van der Waals surface area contributed by atoms with E-state index in [1.165, 1.54) is 25.0 Å². The van der Waals surface area contributed by atoms with E-state index >= 15 is 0 Å². The molecule has 0 spiro atoms.